The quantitative estimate of drug-likeness (QED) is 0.879. The highest BCUT2D eigenvalue weighted by atomic mass is 16.1. The second kappa shape index (κ2) is 5.26. The average molecular weight is 255 g/mol. The third-order valence-corrected chi connectivity index (χ3v) is 3.66. The molecule has 0 fully saturated rings. The van der Waals surface area contributed by atoms with Gasteiger partial charge in [0.05, 0.1) is 12.2 Å². The standard InChI is InChI=1S/C15H17N3O/c19-15(8-5-11-9-16-17-10-11)18-14-7-6-12-3-1-2-4-13(12)14/h1-4,9-10,14H,5-8H2,(H,16,17)(H,18,19)/t14-/m1/s1. The molecule has 0 bridgehead atoms. The molecule has 0 unspecified atom stereocenters. The fourth-order valence-electron chi connectivity index (χ4n) is 2.65. The maximum atomic E-state index is 12.0. The van der Waals surface area contributed by atoms with Crippen LogP contribution in [0.5, 0.6) is 0 Å². The summed E-state index contributed by atoms with van der Waals surface area (Å²) in [5, 5.41) is 9.76. The van der Waals surface area contributed by atoms with Gasteiger partial charge in [0.15, 0.2) is 0 Å². The van der Waals surface area contributed by atoms with E-state index in [2.05, 4.69) is 33.7 Å². The molecule has 1 aliphatic carbocycles. The molecular weight excluding hydrogens is 238 g/mol. The van der Waals surface area contributed by atoms with E-state index in [0.717, 1.165) is 24.8 Å². The molecule has 1 heterocycles. The molecule has 2 N–H and O–H groups in total. The van der Waals surface area contributed by atoms with Gasteiger partial charge in [-0.15, -0.1) is 0 Å². The van der Waals surface area contributed by atoms with Gasteiger partial charge in [-0.2, -0.15) is 5.10 Å². The molecule has 0 spiro atoms. The number of carbonyl (C=O) groups excluding carboxylic acids is 1. The smallest absolute Gasteiger partial charge is 0.220 e. The molecule has 1 aliphatic rings. The summed E-state index contributed by atoms with van der Waals surface area (Å²) in [6.07, 6.45) is 6.91. The average Bonchev–Trinajstić information content (AvgIpc) is 3.07. The molecule has 4 heteroatoms. The Kier molecular flexibility index (Phi) is 3.31. The molecule has 2 aromatic rings. The van der Waals surface area contributed by atoms with E-state index >= 15 is 0 Å². The van der Waals surface area contributed by atoms with Crippen LogP contribution in [0.2, 0.25) is 0 Å². The monoisotopic (exact) mass is 255 g/mol. The number of rotatable bonds is 4. The number of fused-ring (bicyclic) bond motifs is 1. The van der Waals surface area contributed by atoms with E-state index in [1.807, 2.05) is 12.3 Å². The lowest BCUT2D eigenvalue weighted by molar-refractivity contribution is -0.121. The molecule has 0 saturated carbocycles. The molecule has 0 radical (unpaired) electrons. The molecule has 0 aliphatic heterocycles. The van der Waals surface area contributed by atoms with E-state index in [1.54, 1.807) is 6.20 Å². The highest BCUT2D eigenvalue weighted by molar-refractivity contribution is 5.76. The van der Waals surface area contributed by atoms with Crippen LogP contribution in [0.25, 0.3) is 0 Å². The minimum atomic E-state index is 0.114. The number of benzene rings is 1. The fraction of sp³-hybridized carbons (Fsp3) is 0.333. The van der Waals surface area contributed by atoms with E-state index in [4.69, 9.17) is 0 Å². The summed E-state index contributed by atoms with van der Waals surface area (Å²) >= 11 is 0. The van der Waals surface area contributed by atoms with Gasteiger partial charge in [-0.05, 0) is 36.0 Å². The summed E-state index contributed by atoms with van der Waals surface area (Å²) in [5.41, 5.74) is 3.71. The summed E-state index contributed by atoms with van der Waals surface area (Å²) in [4.78, 5) is 12.0. The second-order valence-corrected chi connectivity index (χ2v) is 4.96. The van der Waals surface area contributed by atoms with E-state index < -0.39 is 0 Å². The van der Waals surface area contributed by atoms with Crippen LogP contribution in [0, 0.1) is 0 Å². The molecule has 1 aromatic carbocycles. The topological polar surface area (TPSA) is 57.8 Å². The Morgan fingerprint density at radius 1 is 1.42 bits per heavy atom. The van der Waals surface area contributed by atoms with Crippen molar-refractivity contribution in [2.75, 3.05) is 0 Å². The molecule has 1 amide bonds. The molecule has 98 valence electrons. The molecule has 19 heavy (non-hydrogen) atoms. The first-order chi connectivity index (χ1) is 9.33. The van der Waals surface area contributed by atoms with E-state index in [1.165, 1.54) is 11.1 Å². The Morgan fingerprint density at radius 3 is 3.16 bits per heavy atom. The van der Waals surface area contributed by atoms with Gasteiger partial charge >= 0.3 is 0 Å². The van der Waals surface area contributed by atoms with Crippen LogP contribution in [0.3, 0.4) is 0 Å². The van der Waals surface area contributed by atoms with Gasteiger partial charge in [-0.3, -0.25) is 9.89 Å². The third kappa shape index (κ3) is 2.67. The molecular formula is C15H17N3O. The Hall–Kier alpha value is -2.10. The van der Waals surface area contributed by atoms with Gasteiger partial charge in [0, 0.05) is 12.6 Å². The second-order valence-electron chi connectivity index (χ2n) is 4.96. The van der Waals surface area contributed by atoms with Gasteiger partial charge in [0.2, 0.25) is 5.91 Å². The molecule has 3 rings (SSSR count). The van der Waals surface area contributed by atoms with Crippen molar-refractivity contribution in [2.45, 2.75) is 31.7 Å². The summed E-state index contributed by atoms with van der Waals surface area (Å²) in [5.74, 6) is 0.114. The molecule has 1 atom stereocenters. The van der Waals surface area contributed by atoms with Crippen LogP contribution in [0.15, 0.2) is 36.7 Å². The lowest BCUT2D eigenvalue weighted by Gasteiger charge is -2.13. The van der Waals surface area contributed by atoms with Crippen molar-refractivity contribution in [1.29, 1.82) is 0 Å². The number of H-pyrrole nitrogens is 1. The van der Waals surface area contributed by atoms with Gasteiger partial charge in [0.1, 0.15) is 0 Å². The minimum Gasteiger partial charge on any atom is -0.349 e. The Balaban J connectivity index is 1.56. The SMILES string of the molecule is O=C(CCc1cn[nH]c1)N[C@@H]1CCc2ccccc21. The van der Waals surface area contributed by atoms with Crippen LogP contribution in [-0.4, -0.2) is 16.1 Å². The summed E-state index contributed by atoms with van der Waals surface area (Å²) in [6.45, 7) is 0. The Morgan fingerprint density at radius 2 is 2.32 bits per heavy atom. The zero-order valence-corrected chi connectivity index (χ0v) is 10.7. The number of carbonyl (C=O) groups is 1. The number of nitrogens with zero attached hydrogens (tertiary/aromatic N) is 1. The highest BCUT2D eigenvalue weighted by Crippen LogP contribution is 2.30. The first-order valence-electron chi connectivity index (χ1n) is 6.68. The number of hydrogen-bond acceptors (Lipinski definition) is 2. The Bertz CT molecular complexity index is 563. The van der Waals surface area contributed by atoms with Crippen molar-refractivity contribution in [3.8, 4) is 0 Å². The number of nitrogens with one attached hydrogen (secondary N) is 2. The van der Waals surface area contributed by atoms with Crippen molar-refractivity contribution in [2.24, 2.45) is 0 Å². The first-order valence-corrected chi connectivity index (χ1v) is 6.68. The van der Waals surface area contributed by atoms with Crippen LogP contribution < -0.4 is 5.32 Å². The number of aromatic nitrogens is 2. The van der Waals surface area contributed by atoms with Crippen LogP contribution in [0.4, 0.5) is 0 Å². The Labute approximate surface area is 112 Å². The fourth-order valence-corrected chi connectivity index (χ4v) is 2.65. The number of hydrogen-bond donors (Lipinski definition) is 2. The molecule has 0 saturated heterocycles. The van der Waals surface area contributed by atoms with Gasteiger partial charge in [-0.1, -0.05) is 24.3 Å². The summed E-state index contributed by atoms with van der Waals surface area (Å²) < 4.78 is 0. The number of aromatic amines is 1. The number of amides is 1. The van der Waals surface area contributed by atoms with E-state index in [9.17, 15) is 4.79 Å². The molecule has 4 nitrogen and oxygen atoms in total. The predicted octanol–water partition coefficient (Wildman–Crippen LogP) is 2.15. The number of aryl methyl sites for hydroxylation is 2. The van der Waals surface area contributed by atoms with Gasteiger partial charge < -0.3 is 5.32 Å². The normalized spacial score (nSPS) is 17.2. The lowest BCUT2D eigenvalue weighted by atomic mass is 10.1. The predicted molar refractivity (Wildman–Crippen MR) is 72.6 cm³/mol. The maximum Gasteiger partial charge on any atom is 0.220 e. The highest BCUT2D eigenvalue weighted by Gasteiger charge is 2.22. The zero-order valence-electron chi connectivity index (χ0n) is 10.7. The lowest BCUT2D eigenvalue weighted by Crippen LogP contribution is -2.27. The van der Waals surface area contributed by atoms with Crippen LogP contribution in [-0.2, 0) is 17.6 Å². The van der Waals surface area contributed by atoms with Crippen molar-refractivity contribution in [1.82, 2.24) is 15.5 Å². The zero-order chi connectivity index (χ0) is 13.1. The van der Waals surface area contributed by atoms with Gasteiger partial charge in [-0.25, -0.2) is 0 Å². The van der Waals surface area contributed by atoms with Crippen LogP contribution >= 0.6 is 0 Å². The first kappa shape index (κ1) is 12.0. The summed E-state index contributed by atoms with van der Waals surface area (Å²) in [7, 11) is 0. The minimum absolute atomic E-state index is 0.114. The van der Waals surface area contributed by atoms with Crippen molar-refractivity contribution < 1.29 is 4.79 Å². The maximum absolute atomic E-state index is 12.0. The van der Waals surface area contributed by atoms with Crippen molar-refractivity contribution in [3.05, 3.63) is 53.3 Å². The third-order valence-electron chi connectivity index (χ3n) is 3.66. The van der Waals surface area contributed by atoms with E-state index in [0.29, 0.717) is 6.42 Å². The van der Waals surface area contributed by atoms with E-state index in [-0.39, 0.29) is 11.9 Å². The molecule has 1 aromatic heterocycles. The van der Waals surface area contributed by atoms with Crippen LogP contribution in [0.1, 0.15) is 35.6 Å². The van der Waals surface area contributed by atoms with Crippen molar-refractivity contribution >= 4 is 5.91 Å². The summed E-state index contributed by atoms with van der Waals surface area (Å²) in [6, 6.07) is 8.54. The largest absolute Gasteiger partial charge is 0.349 e. The van der Waals surface area contributed by atoms with Crippen molar-refractivity contribution in [3.63, 3.8) is 0 Å². The van der Waals surface area contributed by atoms with Gasteiger partial charge in [0.25, 0.3) is 0 Å².